The van der Waals surface area contributed by atoms with Crippen LogP contribution in [0.3, 0.4) is 0 Å². The van der Waals surface area contributed by atoms with Gasteiger partial charge in [-0.25, -0.2) is 0 Å². The molecule has 2 aromatic rings. The summed E-state index contributed by atoms with van der Waals surface area (Å²) < 4.78 is 18.3. The summed E-state index contributed by atoms with van der Waals surface area (Å²) in [4.78, 5) is 15.3. The first-order valence-electron chi connectivity index (χ1n) is 16.9. The smallest absolute Gasteiger partial charge is 0.258 e. The molecule has 2 unspecified atom stereocenters. The van der Waals surface area contributed by atoms with Gasteiger partial charge in [0.15, 0.2) is 0 Å². The Balaban J connectivity index is 1.90. The van der Waals surface area contributed by atoms with Crippen LogP contribution in [0, 0.1) is 11.3 Å². The third kappa shape index (κ3) is 13.4. The topological polar surface area (TPSA) is 96.6 Å². The fourth-order valence-corrected chi connectivity index (χ4v) is 6.52. The molecule has 7 heteroatoms. The molecular formula is C36H56N2O4S. The van der Waals surface area contributed by atoms with Crippen LogP contribution in [0.4, 0.5) is 0 Å². The average molecular weight is 613 g/mol. The van der Waals surface area contributed by atoms with Gasteiger partial charge in [0.1, 0.15) is 35.7 Å². The fraction of sp³-hybridized carbons (Fsp3) is 0.667. The summed E-state index contributed by atoms with van der Waals surface area (Å²) in [6.07, 6.45) is 19.5. The molecule has 0 aliphatic carbocycles. The van der Waals surface area contributed by atoms with E-state index < -0.39 is 17.2 Å². The van der Waals surface area contributed by atoms with Crippen LogP contribution in [-0.2, 0) is 11.2 Å². The minimum atomic E-state index is -0.958. The van der Waals surface area contributed by atoms with E-state index in [2.05, 4.69) is 19.9 Å². The first kappa shape index (κ1) is 36.8. The molecule has 0 aromatic heterocycles. The van der Waals surface area contributed by atoms with Crippen molar-refractivity contribution in [3.8, 4) is 17.6 Å². The molecule has 2 aromatic carbocycles. The average Bonchev–Trinajstić information content (AvgIpc) is 3.02. The molecule has 0 saturated carbocycles. The van der Waals surface area contributed by atoms with Gasteiger partial charge in [0.25, 0.3) is 5.91 Å². The molecule has 0 bridgehead atoms. The van der Waals surface area contributed by atoms with Crippen LogP contribution in [0.1, 0.15) is 134 Å². The Kier molecular flexibility index (Phi) is 18.9. The summed E-state index contributed by atoms with van der Waals surface area (Å²) in [7, 11) is 0. The predicted octanol–water partition coefficient (Wildman–Crippen LogP) is 9.31. The molecule has 0 radical (unpaired) electrons. The first-order chi connectivity index (χ1) is 20.9. The number of aromatic hydroxyl groups is 1. The minimum Gasteiger partial charge on any atom is -0.616 e. The monoisotopic (exact) mass is 612 g/mol. The molecular weight excluding hydrogens is 556 g/mol. The van der Waals surface area contributed by atoms with E-state index in [9.17, 15) is 19.7 Å². The summed E-state index contributed by atoms with van der Waals surface area (Å²) in [6.45, 7) is 6.78. The summed E-state index contributed by atoms with van der Waals surface area (Å²) in [5.41, 5.74) is 0.133. The second kappa shape index (κ2) is 22.1. The lowest BCUT2D eigenvalue weighted by Crippen LogP contribution is -2.38. The predicted molar refractivity (Wildman–Crippen MR) is 180 cm³/mol. The molecule has 2 atom stereocenters. The Labute approximate surface area is 264 Å². The van der Waals surface area contributed by atoms with Crippen molar-refractivity contribution < 1.29 is 19.2 Å². The fourth-order valence-electron chi connectivity index (χ4n) is 5.43. The Morgan fingerprint density at radius 1 is 0.884 bits per heavy atom. The number of nitriles is 1. The normalized spacial score (nSPS) is 12.6. The van der Waals surface area contributed by atoms with Gasteiger partial charge in [-0.2, -0.15) is 5.26 Å². The minimum absolute atomic E-state index is 0.101. The van der Waals surface area contributed by atoms with Crippen molar-refractivity contribution in [3.63, 3.8) is 0 Å². The number of nitrogens with zero attached hydrogens (tertiary/aromatic N) is 2. The number of hydrogen-bond acceptors (Lipinski definition) is 5. The number of fused-ring (bicyclic) bond motifs is 1. The van der Waals surface area contributed by atoms with E-state index in [0.29, 0.717) is 34.6 Å². The number of hydrogen-bond donors (Lipinski definition) is 1. The molecule has 43 heavy (non-hydrogen) atoms. The van der Waals surface area contributed by atoms with Crippen LogP contribution in [0.15, 0.2) is 30.3 Å². The van der Waals surface area contributed by atoms with Crippen molar-refractivity contribution in [2.45, 2.75) is 130 Å². The van der Waals surface area contributed by atoms with Crippen LogP contribution < -0.4 is 4.74 Å². The molecule has 0 spiro atoms. The maximum absolute atomic E-state index is 13.7. The van der Waals surface area contributed by atoms with Gasteiger partial charge in [0.2, 0.25) is 0 Å². The number of phenolic OH excluding ortho intramolecular Hbond substituents is 1. The van der Waals surface area contributed by atoms with Crippen molar-refractivity contribution in [1.82, 2.24) is 4.90 Å². The molecule has 0 heterocycles. The molecule has 6 nitrogen and oxygen atoms in total. The highest BCUT2D eigenvalue weighted by molar-refractivity contribution is 7.91. The Morgan fingerprint density at radius 2 is 1.42 bits per heavy atom. The van der Waals surface area contributed by atoms with Gasteiger partial charge in [0, 0.05) is 17.3 Å². The number of phenols is 1. The number of rotatable bonds is 24. The zero-order chi connectivity index (χ0) is 31.3. The number of carbonyl (C=O) groups excluding carboxylic acids is 1. The number of ether oxygens (including phenoxy) is 1. The highest BCUT2D eigenvalue weighted by atomic mass is 32.2. The maximum Gasteiger partial charge on any atom is 0.258 e. The van der Waals surface area contributed by atoms with Gasteiger partial charge in [0.05, 0.1) is 11.6 Å². The standard InChI is InChI=1S/C36H56N2O4S/c1-4-6-8-9-10-11-12-13-14-15-16-17-18-21-24-38(30(3)29-37)36(40)33-28-34(42-25-27-43(41)26-7-5-2)31-22-19-20-23-32(31)35(33)39/h19-20,22-23,28,30,39H,4-18,21,24-27H2,1-3H3. The lowest BCUT2D eigenvalue weighted by Gasteiger charge is -2.26. The number of unbranched alkanes of at least 4 members (excludes halogenated alkanes) is 14. The Hall–Kier alpha value is -2.43. The molecule has 0 saturated heterocycles. The number of benzene rings is 2. The highest BCUT2D eigenvalue weighted by Gasteiger charge is 2.26. The van der Waals surface area contributed by atoms with Crippen LogP contribution in [0.5, 0.6) is 11.5 Å². The van der Waals surface area contributed by atoms with Crippen LogP contribution >= 0.6 is 0 Å². The van der Waals surface area contributed by atoms with E-state index in [1.165, 1.54) is 70.6 Å². The van der Waals surface area contributed by atoms with Crippen molar-refractivity contribution in [1.29, 1.82) is 5.26 Å². The van der Waals surface area contributed by atoms with Gasteiger partial charge in [-0.1, -0.05) is 139 Å². The zero-order valence-corrected chi connectivity index (χ0v) is 27.9. The summed E-state index contributed by atoms with van der Waals surface area (Å²) in [6, 6.07) is 10.4. The van der Waals surface area contributed by atoms with Gasteiger partial charge >= 0.3 is 0 Å². The van der Waals surface area contributed by atoms with Gasteiger partial charge in [-0.3, -0.25) is 4.79 Å². The van der Waals surface area contributed by atoms with E-state index >= 15 is 0 Å². The van der Waals surface area contributed by atoms with E-state index in [0.717, 1.165) is 32.1 Å². The quantitative estimate of drug-likeness (QED) is 0.0941. The molecule has 1 amide bonds. The van der Waals surface area contributed by atoms with Crippen molar-refractivity contribution in [2.24, 2.45) is 0 Å². The summed E-state index contributed by atoms with van der Waals surface area (Å²) in [5, 5.41) is 22.0. The Morgan fingerprint density at radius 3 is 1.98 bits per heavy atom. The molecule has 0 fully saturated rings. The largest absolute Gasteiger partial charge is 0.616 e. The molecule has 1 N–H and O–H groups in total. The van der Waals surface area contributed by atoms with Crippen molar-refractivity contribution >= 4 is 27.9 Å². The second-order valence-corrected chi connectivity index (χ2v) is 13.5. The van der Waals surface area contributed by atoms with Gasteiger partial charge in [-0.15, -0.1) is 0 Å². The third-order valence-corrected chi connectivity index (χ3v) is 9.54. The van der Waals surface area contributed by atoms with Crippen LogP contribution in [0.25, 0.3) is 10.8 Å². The zero-order valence-electron chi connectivity index (χ0n) is 27.1. The Bertz CT molecular complexity index is 1100. The van der Waals surface area contributed by atoms with Crippen LogP contribution in [-0.4, -0.2) is 51.2 Å². The van der Waals surface area contributed by atoms with Crippen molar-refractivity contribution in [3.05, 3.63) is 35.9 Å². The van der Waals surface area contributed by atoms with E-state index in [1.807, 2.05) is 18.2 Å². The molecule has 0 aliphatic heterocycles. The number of amides is 1. The van der Waals surface area contributed by atoms with E-state index in [-0.39, 0.29) is 23.8 Å². The summed E-state index contributed by atoms with van der Waals surface area (Å²) in [5.74, 6) is 1.07. The maximum atomic E-state index is 13.7. The van der Waals surface area contributed by atoms with Gasteiger partial charge in [-0.05, 0) is 25.8 Å². The van der Waals surface area contributed by atoms with Gasteiger partial charge < -0.3 is 19.3 Å². The summed E-state index contributed by atoms with van der Waals surface area (Å²) >= 11 is -0.958. The molecule has 240 valence electrons. The lowest BCUT2D eigenvalue weighted by atomic mass is 10.0. The highest BCUT2D eigenvalue weighted by Crippen LogP contribution is 2.37. The SMILES string of the molecule is CCCCCCCCCCCCCCCCN(C(=O)c1cc(OCC[S+]([O-])CCCC)c2ccccc2c1O)C(C)C#N. The van der Waals surface area contributed by atoms with E-state index in [4.69, 9.17) is 4.74 Å². The molecule has 2 rings (SSSR count). The first-order valence-corrected chi connectivity index (χ1v) is 18.4. The third-order valence-electron chi connectivity index (χ3n) is 8.17. The molecule has 0 aliphatic rings. The number of carbonyl (C=O) groups is 1. The lowest BCUT2D eigenvalue weighted by molar-refractivity contribution is 0.0721. The van der Waals surface area contributed by atoms with Crippen molar-refractivity contribution in [2.75, 3.05) is 24.7 Å². The van der Waals surface area contributed by atoms with E-state index in [1.54, 1.807) is 24.0 Å². The second-order valence-electron chi connectivity index (χ2n) is 11.8. The van der Waals surface area contributed by atoms with Crippen LogP contribution in [0.2, 0.25) is 0 Å².